The molecule has 2 heterocycles. The normalized spacial score (nSPS) is 21.5. The van der Waals surface area contributed by atoms with E-state index in [0.29, 0.717) is 17.4 Å². The molecule has 0 aromatic heterocycles. The molecule has 0 bridgehead atoms. The lowest BCUT2D eigenvalue weighted by Crippen LogP contribution is -2.37. The molecule has 0 radical (unpaired) electrons. The van der Waals surface area contributed by atoms with Crippen LogP contribution in [0, 0.1) is 0 Å². The zero-order chi connectivity index (χ0) is 18.4. The summed E-state index contributed by atoms with van der Waals surface area (Å²) in [5.41, 5.74) is 1.44. The highest BCUT2D eigenvalue weighted by atomic mass is 32.1. The topological polar surface area (TPSA) is 50.8 Å². The molecule has 1 atom stereocenters. The summed E-state index contributed by atoms with van der Waals surface area (Å²) in [5.74, 6) is 0.759. The van der Waals surface area contributed by atoms with Crippen LogP contribution in [0.3, 0.4) is 0 Å². The van der Waals surface area contributed by atoms with Gasteiger partial charge in [-0.15, -0.1) is 0 Å². The number of hydrogen-bond acceptors (Lipinski definition) is 4. The number of thiocarbonyl (C=S) groups is 1. The van der Waals surface area contributed by atoms with Crippen LogP contribution in [0.5, 0.6) is 5.75 Å². The average molecular weight is 375 g/mol. The zero-order valence-electron chi connectivity index (χ0n) is 15.2. The predicted octanol–water partition coefficient (Wildman–Crippen LogP) is 3.49. The second-order valence-corrected chi connectivity index (χ2v) is 7.05. The van der Waals surface area contributed by atoms with E-state index in [4.69, 9.17) is 21.7 Å². The highest BCUT2D eigenvalue weighted by molar-refractivity contribution is 7.80. The zero-order valence-corrected chi connectivity index (χ0v) is 16.0. The van der Waals surface area contributed by atoms with Crippen molar-refractivity contribution in [3.63, 3.8) is 0 Å². The van der Waals surface area contributed by atoms with Gasteiger partial charge in [0.05, 0.1) is 19.3 Å². The first-order valence-electron chi connectivity index (χ1n) is 9.36. The number of rotatable bonds is 8. The van der Waals surface area contributed by atoms with E-state index in [-0.39, 0.29) is 12.0 Å². The summed E-state index contributed by atoms with van der Waals surface area (Å²) in [4.78, 5) is 14.2. The summed E-state index contributed by atoms with van der Waals surface area (Å²) < 4.78 is 11.3. The third-order valence-corrected chi connectivity index (χ3v) is 4.90. The molecular formula is C20H26N2O3S. The quantitative estimate of drug-likeness (QED) is 0.429. The van der Waals surface area contributed by atoms with Gasteiger partial charge >= 0.3 is 0 Å². The second kappa shape index (κ2) is 9.14. The van der Waals surface area contributed by atoms with Crippen LogP contribution in [0.1, 0.15) is 44.6 Å². The summed E-state index contributed by atoms with van der Waals surface area (Å²) in [6.45, 7) is 4.20. The van der Waals surface area contributed by atoms with E-state index in [2.05, 4.69) is 12.2 Å². The molecule has 1 aromatic rings. The van der Waals surface area contributed by atoms with Gasteiger partial charge in [-0.3, -0.25) is 9.69 Å². The fraction of sp³-hybridized carbons (Fsp3) is 0.500. The number of ether oxygens (including phenoxy) is 2. The molecule has 1 aromatic carbocycles. The summed E-state index contributed by atoms with van der Waals surface area (Å²) in [7, 11) is 0. The minimum absolute atomic E-state index is 0.0854. The number of nitrogens with one attached hydrogen (secondary N) is 1. The van der Waals surface area contributed by atoms with Gasteiger partial charge in [0.2, 0.25) is 0 Å². The Morgan fingerprint density at radius 2 is 2.15 bits per heavy atom. The van der Waals surface area contributed by atoms with Crippen molar-refractivity contribution in [3.8, 4) is 5.75 Å². The Bertz CT molecular complexity index is 666. The van der Waals surface area contributed by atoms with E-state index >= 15 is 0 Å². The lowest BCUT2D eigenvalue weighted by molar-refractivity contribution is -0.123. The first-order chi connectivity index (χ1) is 12.7. The van der Waals surface area contributed by atoms with Crippen molar-refractivity contribution in [2.24, 2.45) is 0 Å². The molecule has 5 nitrogen and oxygen atoms in total. The fourth-order valence-corrected chi connectivity index (χ4v) is 3.37. The SMILES string of the molecule is CCCCCOc1ccc(/C=C2/NC(=S)N(CC3CCCO3)C2=O)cc1. The van der Waals surface area contributed by atoms with Gasteiger partial charge in [-0.2, -0.15) is 0 Å². The molecule has 140 valence electrons. The summed E-state index contributed by atoms with van der Waals surface area (Å²) in [6, 6.07) is 7.76. The van der Waals surface area contributed by atoms with Crippen LogP contribution in [-0.4, -0.2) is 41.8 Å². The van der Waals surface area contributed by atoms with E-state index in [0.717, 1.165) is 43.8 Å². The number of nitrogens with zero attached hydrogens (tertiary/aromatic N) is 1. The third kappa shape index (κ3) is 4.83. The van der Waals surface area contributed by atoms with Crippen molar-refractivity contribution < 1.29 is 14.3 Å². The maximum absolute atomic E-state index is 12.6. The van der Waals surface area contributed by atoms with E-state index < -0.39 is 0 Å². The molecule has 6 heteroatoms. The Hall–Kier alpha value is -1.92. The van der Waals surface area contributed by atoms with Crippen LogP contribution in [-0.2, 0) is 9.53 Å². The molecule has 1 unspecified atom stereocenters. The molecule has 26 heavy (non-hydrogen) atoms. The van der Waals surface area contributed by atoms with Gasteiger partial charge in [0, 0.05) is 6.61 Å². The largest absolute Gasteiger partial charge is 0.494 e. The molecule has 1 amide bonds. The molecule has 1 N–H and O–H groups in total. The Kier molecular flexibility index (Phi) is 6.63. The Labute approximate surface area is 160 Å². The number of benzene rings is 1. The van der Waals surface area contributed by atoms with Crippen LogP contribution < -0.4 is 10.1 Å². The van der Waals surface area contributed by atoms with Gasteiger partial charge in [0.15, 0.2) is 5.11 Å². The smallest absolute Gasteiger partial charge is 0.276 e. The van der Waals surface area contributed by atoms with Gasteiger partial charge in [-0.05, 0) is 55.3 Å². The average Bonchev–Trinajstić information content (AvgIpc) is 3.24. The summed E-state index contributed by atoms with van der Waals surface area (Å²) in [5, 5.41) is 3.47. The van der Waals surface area contributed by atoms with Gasteiger partial charge in [-0.1, -0.05) is 31.9 Å². The molecule has 0 saturated carbocycles. The van der Waals surface area contributed by atoms with Crippen LogP contribution in [0.2, 0.25) is 0 Å². The van der Waals surface area contributed by atoms with Crippen LogP contribution in [0.25, 0.3) is 6.08 Å². The van der Waals surface area contributed by atoms with Crippen LogP contribution in [0.4, 0.5) is 0 Å². The van der Waals surface area contributed by atoms with Crippen molar-refractivity contribution in [2.45, 2.75) is 45.1 Å². The highest BCUT2D eigenvalue weighted by Gasteiger charge is 2.33. The van der Waals surface area contributed by atoms with Crippen molar-refractivity contribution >= 4 is 29.3 Å². The van der Waals surface area contributed by atoms with E-state index in [1.165, 1.54) is 12.8 Å². The summed E-state index contributed by atoms with van der Waals surface area (Å²) >= 11 is 5.31. The number of hydrogen-bond donors (Lipinski definition) is 1. The molecule has 2 fully saturated rings. The maximum Gasteiger partial charge on any atom is 0.276 e. The Morgan fingerprint density at radius 3 is 2.85 bits per heavy atom. The Balaban J connectivity index is 1.58. The predicted molar refractivity (Wildman–Crippen MR) is 106 cm³/mol. The van der Waals surface area contributed by atoms with Crippen molar-refractivity contribution in [3.05, 3.63) is 35.5 Å². The fourth-order valence-electron chi connectivity index (χ4n) is 3.10. The standard InChI is InChI=1S/C20H26N2O3S/c1-2-3-4-11-24-16-9-7-15(8-10-16)13-18-19(23)22(20(26)21-18)14-17-6-5-12-25-17/h7-10,13,17H,2-6,11-12,14H2,1H3,(H,21,26)/b18-13+. The lowest BCUT2D eigenvalue weighted by Gasteiger charge is -2.18. The van der Waals surface area contributed by atoms with Gasteiger partial charge in [0.25, 0.3) is 5.91 Å². The molecular weight excluding hydrogens is 348 g/mol. The maximum atomic E-state index is 12.6. The first kappa shape index (κ1) is 18.9. The molecule has 0 aliphatic carbocycles. The van der Waals surface area contributed by atoms with E-state index in [1.54, 1.807) is 4.90 Å². The second-order valence-electron chi connectivity index (χ2n) is 6.66. The van der Waals surface area contributed by atoms with Crippen molar-refractivity contribution in [1.82, 2.24) is 10.2 Å². The van der Waals surface area contributed by atoms with Crippen molar-refractivity contribution in [1.29, 1.82) is 0 Å². The molecule has 2 aliphatic rings. The monoisotopic (exact) mass is 374 g/mol. The van der Waals surface area contributed by atoms with Gasteiger partial charge < -0.3 is 14.8 Å². The van der Waals surface area contributed by atoms with E-state index in [9.17, 15) is 4.79 Å². The number of carbonyl (C=O) groups is 1. The van der Waals surface area contributed by atoms with Crippen LogP contribution in [0.15, 0.2) is 30.0 Å². The number of carbonyl (C=O) groups excluding carboxylic acids is 1. The van der Waals surface area contributed by atoms with Gasteiger partial charge in [0.1, 0.15) is 11.4 Å². The molecule has 2 aliphatic heterocycles. The molecule has 0 spiro atoms. The Morgan fingerprint density at radius 1 is 1.35 bits per heavy atom. The minimum atomic E-state index is -0.0922. The highest BCUT2D eigenvalue weighted by Crippen LogP contribution is 2.20. The van der Waals surface area contributed by atoms with Crippen LogP contribution >= 0.6 is 12.2 Å². The summed E-state index contributed by atoms with van der Waals surface area (Å²) in [6.07, 6.45) is 7.36. The minimum Gasteiger partial charge on any atom is -0.494 e. The van der Waals surface area contributed by atoms with E-state index in [1.807, 2.05) is 30.3 Å². The number of unbranched alkanes of at least 4 members (excludes halogenated alkanes) is 2. The lowest BCUT2D eigenvalue weighted by atomic mass is 10.2. The number of amides is 1. The van der Waals surface area contributed by atoms with Crippen molar-refractivity contribution in [2.75, 3.05) is 19.8 Å². The molecule has 3 rings (SSSR count). The van der Waals surface area contributed by atoms with Gasteiger partial charge in [-0.25, -0.2) is 0 Å². The first-order valence-corrected chi connectivity index (χ1v) is 9.77. The third-order valence-electron chi connectivity index (χ3n) is 4.58. The molecule has 2 saturated heterocycles.